The number of amides is 2. The average molecular weight is 1090 g/mol. The number of phosphoric ester groups is 3. The third-order valence-electron chi connectivity index (χ3n) is 10.9. The number of aliphatic hydroxyl groups excluding tert-OH is 3. The van der Waals surface area contributed by atoms with Crippen molar-refractivity contribution in [2.75, 3.05) is 37.8 Å². The minimum Gasteiger partial charge on any atom is -0.790 e. The number of ketones is 1. The second-order valence-corrected chi connectivity index (χ2v) is 22.7. The first-order valence-electron chi connectivity index (χ1n) is 23.2. The number of nitrogen functional groups attached to an aromatic ring is 1. The SMILES string of the molecule is CCCCCC[C@@H](O)C/C=C\CCCCCCCC(=O)CC(=O)SCCNC(=O)CCNC(=O)[C@H](O)C(C)(C)COP(=O)([O-])OP(=O)([O-])OC[C@H]1O[C@@H](n2cnc3c(N)ncnc32)[C@H](O)[C@@H]1OP(=O)([O-])[O-]. The standard InChI is InChI=1S/C41H70N7O19P3S/c1-4-5-6-13-16-28(49)17-14-11-9-7-8-10-12-15-18-29(50)23-32(52)71-22-21-43-31(51)19-20-44-39(55)36(54)41(2,3)25-64-70(61,62)67-69(59,60)63-24-30-35(66-68(56,57)58)34(53)40(65-30)48-27-47-33-37(42)45-26-46-38(33)48/h11,14,26-28,30,34-36,40,49,53-54H,4-10,12-13,15-25H2,1-3H3,(H,43,51)(H,44,55)(H,59,60)(H,61,62)(H2,42,45,46)(H2,56,57,58)/p-4/b14-11-/t28-,30-,34-,35-,36+,40-/m1/s1. The summed E-state index contributed by atoms with van der Waals surface area (Å²) in [5, 5.41) is 36.0. The van der Waals surface area contributed by atoms with E-state index in [2.05, 4.69) is 56.5 Å². The lowest BCUT2D eigenvalue weighted by atomic mass is 9.87. The van der Waals surface area contributed by atoms with Crippen molar-refractivity contribution in [3.8, 4) is 0 Å². The summed E-state index contributed by atoms with van der Waals surface area (Å²) in [7, 11) is -17.7. The first kappa shape index (κ1) is 62.2. The summed E-state index contributed by atoms with van der Waals surface area (Å²) >= 11 is 0.908. The zero-order valence-corrected chi connectivity index (χ0v) is 43.4. The number of fused-ring (bicyclic) bond motifs is 1. The fraction of sp³-hybridized carbons (Fsp3) is 0.732. The van der Waals surface area contributed by atoms with Crippen LogP contribution in [0.1, 0.15) is 123 Å². The molecule has 2 aromatic heterocycles. The maximum atomic E-state index is 12.7. The third kappa shape index (κ3) is 23.3. The molecule has 0 aliphatic carbocycles. The number of imidazole rings is 1. The Kier molecular flexibility index (Phi) is 26.6. The van der Waals surface area contributed by atoms with Gasteiger partial charge in [0.2, 0.25) is 11.8 Å². The number of Topliss-reactive ketones (excluding diaryl/α,β-unsaturated/α-hetero) is 1. The molecule has 2 unspecified atom stereocenters. The molecule has 2 amide bonds. The first-order valence-corrected chi connectivity index (χ1v) is 28.5. The van der Waals surface area contributed by atoms with Gasteiger partial charge >= 0.3 is 0 Å². The predicted octanol–water partition coefficient (Wildman–Crippen LogP) is 1.10. The highest BCUT2D eigenvalue weighted by molar-refractivity contribution is 8.13. The molecule has 26 nitrogen and oxygen atoms in total. The summed E-state index contributed by atoms with van der Waals surface area (Å²) in [6.45, 7) is 2.05. The molecule has 0 radical (unpaired) electrons. The van der Waals surface area contributed by atoms with Crippen molar-refractivity contribution in [2.45, 2.75) is 154 Å². The number of nitrogens with two attached hydrogens (primary N) is 1. The van der Waals surface area contributed by atoms with E-state index in [0.29, 0.717) is 19.3 Å². The lowest BCUT2D eigenvalue weighted by Crippen LogP contribution is -2.46. The van der Waals surface area contributed by atoms with Crippen LogP contribution in [0, 0.1) is 5.41 Å². The molecule has 71 heavy (non-hydrogen) atoms. The number of carbonyl (C=O) groups excluding carboxylic acids is 4. The van der Waals surface area contributed by atoms with Crippen LogP contribution >= 0.6 is 35.2 Å². The number of allylic oxidation sites excluding steroid dienone is 1. The number of phosphoric acid groups is 3. The van der Waals surface area contributed by atoms with Crippen molar-refractivity contribution in [1.29, 1.82) is 0 Å². The number of nitrogens with zero attached hydrogens (tertiary/aromatic N) is 4. The quantitative estimate of drug-likeness (QED) is 0.0241. The fourth-order valence-electron chi connectivity index (χ4n) is 6.98. The van der Waals surface area contributed by atoms with Gasteiger partial charge in [-0.1, -0.05) is 89.6 Å². The van der Waals surface area contributed by atoms with Crippen LogP contribution in [-0.4, -0.2) is 120 Å². The number of hydrogen-bond acceptors (Lipinski definition) is 24. The van der Waals surface area contributed by atoms with E-state index in [1.54, 1.807) is 0 Å². The lowest BCUT2D eigenvalue weighted by molar-refractivity contribution is -0.347. The fourth-order valence-corrected chi connectivity index (χ4v) is 10.4. The van der Waals surface area contributed by atoms with E-state index >= 15 is 0 Å². The molecule has 3 heterocycles. The van der Waals surface area contributed by atoms with Crippen LogP contribution < -0.4 is 35.9 Å². The van der Waals surface area contributed by atoms with Gasteiger partial charge in [-0.15, -0.1) is 0 Å². The van der Waals surface area contributed by atoms with Gasteiger partial charge in [0.1, 0.15) is 42.0 Å². The average Bonchev–Trinajstić information content (AvgIpc) is 3.85. The summed E-state index contributed by atoms with van der Waals surface area (Å²) in [5.41, 5.74) is 4.04. The molecule has 1 fully saturated rings. The zero-order valence-electron chi connectivity index (χ0n) is 39.9. The monoisotopic (exact) mass is 1090 g/mol. The van der Waals surface area contributed by atoms with Crippen molar-refractivity contribution in [3.05, 3.63) is 24.8 Å². The molecular weight excluding hydrogens is 1020 g/mol. The Hall–Kier alpha value is -3.07. The van der Waals surface area contributed by atoms with Gasteiger partial charge in [-0.2, -0.15) is 0 Å². The van der Waals surface area contributed by atoms with Crippen molar-refractivity contribution in [3.63, 3.8) is 0 Å². The van der Waals surface area contributed by atoms with Crippen molar-refractivity contribution in [1.82, 2.24) is 30.2 Å². The molecule has 30 heteroatoms. The second kappa shape index (κ2) is 30.3. The van der Waals surface area contributed by atoms with Crippen LogP contribution in [0.5, 0.6) is 0 Å². The molecular formula is C41H66N7O19P3S-4. The number of rotatable bonds is 36. The van der Waals surface area contributed by atoms with Gasteiger partial charge < -0.3 is 74.1 Å². The predicted molar refractivity (Wildman–Crippen MR) is 249 cm³/mol. The highest BCUT2D eigenvalue weighted by atomic mass is 32.2. The molecule has 1 aliphatic heterocycles. The lowest BCUT2D eigenvalue weighted by Gasteiger charge is -2.36. The minimum absolute atomic E-state index is 0.0289. The Balaban J connectivity index is 1.29. The van der Waals surface area contributed by atoms with Crippen LogP contribution in [0.2, 0.25) is 0 Å². The zero-order chi connectivity index (χ0) is 52.8. The van der Waals surface area contributed by atoms with Crippen LogP contribution in [0.3, 0.4) is 0 Å². The van der Waals surface area contributed by atoms with E-state index in [9.17, 15) is 67.8 Å². The van der Waals surface area contributed by atoms with Gasteiger partial charge in [0, 0.05) is 37.1 Å². The summed E-state index contributed by atoms with van der Waals surface area (Å²) in [6, 6.07) is 0. The molecule has 3 rings (SSSR count). The van der Waals surface area contributed by atoms with Gasteiger partial charge in [0.25, 0.3) is 15.6 Å². The molecule has 0 spiro atoms. The normalized spacial score (nSPS) is 20.1. The second-order valence-electron chi connectivity index (χ2n) is 17.4. The largest absolute Gasteiger partial charge is 0.790 e. The van der Waals surface area contributed by atoms with E-state index in [0.717, 1.165) is 80.4 Å². The highest BCUT2D eigenvalue weighted by Gasteiger charge is 2.47. The first-order chi connectivity index (χ1) is 33.3. The number of hydrogen-bond donors (Lipinski definition) is 6. The highest BCUT2D eigenvalue weighted by Crippen LogP contribution is 2.56. The molecule has 8 atom stereocenters. The number of nitrogens with one attached hydrogen (secondary N) is 2. The summed E-state index contributed by atoms with van der Waals surface area (Å²) in [4.78, 5) is 109. The number of thioether (sulfide) groups is 1. The molecule has 1 saturated heterocycles. The molecule has 0 bridgehead atoms. The number of carbonyl (C=O) groups is 4. The van der Waals surface area contributed by atoms with E-state index < -0.39 is 84.6 Å². The molecule has 7 N–H and O–H groups in total. The third-order valence-corrected chi connectivity index (χ3v) is 14.8. The Morgan fingerprint density at radius 1 is 0.930 bits per heavy atom. The van der Waals surface area contributed by atoms with Gasteiger partial charge in [0.05, 0.1) is 39.9 Å². The van der Waals surface area contributed by atoms with Crippen LogP contribution in [0.4, 0.5) is 5.82 Å². The molecule has 1 aliphatic rings. The van der Waals surface area contributed by atoms with E-state index in [-0.39, 0.29) is 65.7 Å². The number of aromatic nitrogens is 4. The number of unbranched alkanes of at least 4 members (excludes halogenated alkanes) is 8. The van der Waals surface area contributed by atoms with Crippen molar-refractivity contribution >= 4 is 74.9 Å². The Bertz CT molecular complexity index is 2200. The van der Waals surface area contributed by atoms with Crippen molar-refractivity contribution in [2.24, 2.45) is 5.41 Å². The maximum Gasteiger partial charge on any atom is 0.274 e. The summed E-state index contributed by atoms with van der Waals surface area (Å²) < 4.78 is 60.8. The molecule has 0 aromatic carbocycles. The van der Waals surface area contributed by atoms with Gasteiger partial charge in [-0.25, -0.2) is 19.3 Å². The number of aliphatic hydroxyl groups is 3. The maximum absolute atomic E-state index is 12.7. The number of anilines is 1. The van der Waals surface area contributed by atoms with Gasteiger partial charge in [-0.05, 0) is 32.1 Å². The Labute approximate surface area is 416 Å². The van der Waals surface area contributed by atoms with Gasteiger partial charge in [-0.3, -0.25) is 32.9 Å². The molecule has 2 aromatic rings. The summed E-state index contributed by atoms with van der Waals surface area (Å²) in [6.07, 6.45) is 7.97. The van der Waals surface area contributed by atoms with Crippen molar-refractivity contribution < 1.29 is 90.4 Å². The van der Waals surface area contributed by atoms with Crippen LogP contribution in [0.15, 0.2) is 24.8 Å². The molecule has 404 valence electrons. The van der Waals surface area contributed by atoms with Crippen LogP contribution in [-0.2, 0) is 55.5 Å². The van der Waals surface area contributed by atoms with Crippen LogP contribution in [0.25, 0.3) is 11.2 Å². The molecule has 0 saturated carbocycles. The summed E-state index contributed by atoms with van der Waals surface area (Å²) in [5.74, 6) is -1.59. The Morgan fingerprint density at radius 2 is 1.62 bits per heavy atom. The number of ether oxygens (including phenoxy) is 1. The van der Waals surface area contributed by atoms with Gasteiger partial charge in [0.15, 0.2) is 22.8 Å². The topological polar surface area (TPSA) is 412 Å². The Morgan fingerprint density at radius 3 is 2.34 bits per heavy atom. The smallest absolute Gasteiger partial charge is 0.274 e. The van der Waals surface area contributed by atoms with E-state index in [4.69, 9.17) is 10.5 Å². The van der Waals surface area contributed by atoms with E-state index in [1.165, 1.54) is 26.7 Å². The minimum atomic E-state index is -5.94. The van der Waals surface area contributed by atoms with E-state index in [1.807, 2.05) is 6.08 Å².